The molecule has 2 aliphatic rings. The predicted molar refractivity (Wildman–Crippen MR) is 66.3 cm³/mol. The summed E-state index contributed by atoms with van der Waals surface area (Å²) >= 11 is 0. The van der Waals surface area contributed by atoms with E-state index in [1.54, 1.807) is 6.07 Å². The molecule has 3 N–H and O–H groups in total. The van der Waals surface area contributed by atoms with Crippen LogP contribution in [-0.4, -0.2) is 10.9 Å². The number of Topliss-reactive ketones (excluding diaryl/α,β-unsaturated/α-hetero) is 1. The predicted octanol–water partition coefficient (Wildman–Crippen LogP) is 2.75. The molecule has 0 bridgehead atoms. The van der Waals surface area contributed by atoms with Crippen molar-refractivity contribution in [2.75, 3.05) is 5.73 Å². The Morgan fingerprint density at radius 1 is 1.29 bits per heavy atom. The molecule has 0 aromatic heterocycles. The number of carbonyl (C=O) groups excluding carboxylic acids is 1. The van der Waals surface area contributed by atoms with E-state index in [2.05, 4.69) is 0 Å². The number of nitrogen functional groups attached to an aromatic ring is 1. The molecule has 0 spiro atoms. The Balaban J connectivity index is 2.24. The summed E-state index contributed by atoms with van der Waals surface area (Å²) < 4.78 is 0. The fourth-order valence-corrected chi connectivity index (χ4v) is 3.55. The Labute approximate surface area is 101 Å². The van der Waals surface area contributed by atoms with Crippen molar-refractivity contribution in [2.45, 2.75) is 38.5 Å². The van der Waals surface area contributed by atoms with Crippen molar-refractivity contribution in [3.05, 3.63) is 22.8 Å². The second-order valence-electron chi connectivity index (χ2n) is 5.28. The average molecular weight is 231 g/mol. The van der Waals surface area contributed by atoms with Crippen LogP contribution in [0, 0.1) is 12.8 Å². The first kappa shape index (κ1) is 10.6. The van der Waals surface area contributed by atoms with Gasteiger partial charge in [0, 0.05) is 5.92 Å². The van der Waals surface area contributed by atoms with Crippen molar-refractivity contribution in [1.82, 2.24) is 0 Å². The number of phenolic OH excluding ortho intramolecular Hbond substituents is 1. The van der Waals surface area contributed by atoms with Gasteiger partial charge in [0.15, 0.2) is 5.78 Å². The SMILES string of the molecule is Cc1cc(N)c(O)c2c1C1CCCCC1C2=O. The highest BCUT2D eigenvalue weighted by molar-refractivity contribution is 6.07. The first-order valence-electron chi connectivity index (χ1n) is 6.27. The van der Waals surface area contributed by atoms with Crippen LogP contribution in [0.4, 0.5) is 5.69 Å². The number of anilines is 1. The molecule has 1 fully saturated rings. The molecule has 3 rings (SSSR count). The van der Waals surface area contributed by atoms with Crippen LogP contribution in [0.2, 0.25) is 0 Å². The van der Waals surface area contributed by atoms with Gasteiger partial charge < -0.3 is 10.8 Å². The molecule has 0 amide bonds. The number of benzene rings is 1. The maximum atomic E-state index is 12.3. The summed E-state index contributed by atoms with van der Waals surface area (Å²) in [5, 5.41) is 10.0. The van der Waals surface area contributed by atoms with Crippen molar-refractivity contribution in [1.29, 1.82) is 0 Å². The Bertz CT molecular complexity index is 507. The summed E-state index contributed by atoms with van der Waals surface area (Å²) in [6.45, 7) is 1.99. The van der Waals surface area contributed by atoms with E-state index in [-0.39, 0.29) is 17.5 Å². The van der Waals surface area contributed by atoms with E-state index in [4.69, 9.17) is 5.73 Å². The Morgan fingerprint density at radius 2 is 1.94 bits per heavy atom. The van der Waals surface area contributed by atoms with E-state index in [1.807, 2.05) is 6.92 Å². The summed E-state index contributed by atoms with van der Waals surface area (Å²) in [7, 11) is 0. The van der Waals surface area contributed by atoms with Crippen molar-refractivity contribution < 1.29 is 9.90 Å². The maximum absolute atomic E-state index is 12.3. The van der Waals surface area contributed by atoms with Gasteiger partial charge in [-0.1, -0.05) is 12.8 Å². The van der Waals surface area contributed by atoms with Gasteiger partial charge in [0.1, 0.15) is 5.75 Å². The fourth-order valence-electron chi connectivity index (χ4n) is 3.55. The Kier molecular flexibility index (Phi) is 2.18. The number of nitrogens with two attached hydrogens (primary N) is 1. The van der Waals surface area contributed by atoms with Gasteiger partial charge in [0.05, 0.1) is 11.3 Å². The minimum atomic E-state index is 0.00463. The van der Waals surface area contributed by atoms with Crippen molar-refractivity contribution in [3.8, 4) is 5.75 Å². The second kappa shape index (κ2) is 3.49. The number of fused-ring (bicyclic) bond motifs is 3. The van der Waals surface area contributed by atoms with Crippen molar-refractivity contribution >= 4 is 11.5 Å². The molecule has 1 aromatic carbocycles. The van der Waals surface area contributed by atoms with Crippen LogP contribution in [0.25, 0.3) is 0 Å². The van der Waals surface area contributed by atoms with Gasteiger partial charge in [-0.2, -0.15) is 0 Å². The average Bonchev–Trinajstić information content (AvgIpc) is 2.61. The van der Waals surface area contributed by atoms with Gasteiger partial charge in [-0.3, -0.25) is 4.79 Å². The molecule has 0 heterocycles. The molecular formula is C14H17NO2. The van der Waals surface area contributed by atoms with Crippen molar-refractivity contribution in [2.24, 2.45) is 5.92 Å². The highest BCUT2D eigenvalue weighted by atomic mass is 16.3. The second-order valence-corrected chi connectivity index (χ2v) is 5.28. The number of phenols is 1. The van der Waals surface area contributed by atoms with E-state index in [0.29, 0.717) is 17.2 Å². The molecule has 1 aromatic rings. The molecule has 0 saturated heterocycles. The lowest BCUT2D eigenvalue weighted by atomic mass is 9.78. The number of aryl methyl sites for hydroxylation is 1. The topological polar surface area (TPSA) is 63.3 Å². The molecule has 0 aliphatic heterocycles. The summed E-state index contributed by atoms with van der Waals surface area (Å²) in [5.74, 6) is 0.519. The lowest BCUT2D eigenvalue weighted by molar-refractivity contribution is 0.0896. The zero-order chi connectivity index (χ0) is 12.2. The first-order chi connectivity index (χ1) is 8.11. The van der Waals surface area contributed by atoms with E-state index in [0.717, 1.165) is 30.4 Å². The molecule has 17 heavy (non-hydrogen) atoms. The minimum Gasteiger partial charge on any atom is -0.505 e. The standard InChI is InChI=1S/C14H17NO2/c1-7-6-10(15)14(17)12-11(7)8-4-2-3-5-9(8)13(12)16/h6,8-9,17H,2-5,15H2,1H3. The highest BCUT2D eigenvalue weighted by Crippen LogP contribution is 2.51. The number of hydrogen-bond donors (Lipinski definition) is 2. The monoisotopic (exact) mass is 231 g/mol. The molecule has 1 saturated carbocycles. The van der Waals surface area contributed by atoms with Crippen LogP contribution < -0.4 is 5.73 Å². The van der Waals surface area contributed by atoms with E-state index >= 15 is 0 Å². The largest absolute Gasteiger partial charge is 0.505 e. The molecule has 2 atom stereocenters. The quantitative estimate of drug-likeness (QED) is 0.533. The van der Waals surface area contributed by atoms with Crippen LogP contribution in [0.5, 0.6) is 5.75 Å². The molecule has 0 radical (unpaired) electrons. The first-order valence-corrected chi connectivity index (χ1v) is 6.27. The third-order valence-electron chi connectivity index (χ3n) is 4.30. The van der Waals surface area contributed by atoms with E-state index in [1.165, 1.54) is 6.42 Å². The number of hydrogen-bond acceptors (Lipinski definition) is 3. The smallest absolute Gasteiger partial charge is 0.170 e. The summed E-state index contributed by atoms with van der Waals surface area (Å²) in [5.41, 5.74) is 8.70. The number of aromatic hydroxyl groups is 1. The summed E-state index contributed by atoms with van der Waals surface area (Å²) in [6, 6.07) is 1.79. The molecule has 2 aliphatic carbocycles. The van der Waals surface area contributed by atoms with Crippen LogP contribution in [-0.2, 0) is 0 Å². The van der Waals surface area contributed by atoms with Gasteiger partial charge >= 0.3 is 0 Å². The normalized spacial score (nSPS) is 26.8. The molecule has 3 heteroatoms. The van der Waals surface area contributed by atoms with Crippen LogP contribution >= 0.6 is 0 Å². The zero-order valence-electron chi connectivity index (χ0n) is 9.99. The van der Waals surface area contributed by atoms with Crippen LogP contribution in [0.1, 0.15) is 53.1 Å². The molecule has 3 nitrogen and oxygen atoms in total. The lowest BCUT2D eigenvalue weighted by Crippen LogP contribution is -2.17. The molecule has 2 unspecified atom stereocenters. The lowest BCUT2D eigenvalue weighted by Gasteiger charge is -2.25. The van der Waals surface area contributed by atoms with E-state index < -0.39 is 0 Å². The van der Waals surface area contributed by atoms with Gasteiger partial charge in [0.2, 0.25) is 0 Å². The maximum Gasteiger partial charge on any atom is 0.170 e. The molecular weight excluding hydrogens is 214 g/mol. The van der Waals surface area contributed by atoms with Gasteiger partial charge in [-0.25, -0.2) is 0 Å². The van der Waals surface area contributed by atoms with Crippen molar-refractivity contribution in [3.63, 3.8) is 0 Å². The van der Waals surface area contributed by atoms with Crippen LogP contribution in [0.15, 0.2) is 6.07 Å². The summed E-state index contributed by atoms with van der Waals surface area (Å²) in [6.07, 6.45) is 4.32. The summed E-state index contributed by atoms with van der Waals surface area (Å²) in [4.78, 5) is 12.3. The Hall–Kier alpha value is -1.51. The number of rotatable bonds is 0. The van der Waals surface area contributed by atoms with Crippen LogP contribution in [0.3, 0.4) is 0 Å². The van der Waals surface area contributed by atoms with E-state index in [9.17, 15) is 9.90 Å². The van der Waals surface area contributed by atoms with Gasteiger partial charge in [0.25, 0.3) is 0 Å². The minimum absolute atomic E-state index is 0.00463. The zero-order valence-corrected chi connectivity index (χ0v) is 9.99. The number of carbonyl (C=O) groups is 1. The third kappa shape index (κ3) is 1.31. The number of ketones is 1. The highest BCUT2D eigenvalue weighted by Gasteiger charge is 2.43. The third-order valence-corrected chi connectivity index (χ3v) is 4.30. The fraction of sp³-hybridized carbons (Fsp3) is 0.500. The van der Waals surface area contributed by atoms with Gasteiger partial charge in [-0.05, 0) is 42.9 Å². The van der Waals surface area contributed by atoms with Gasteiger partial charge in [-0.15, -0.1) is 0 Å². The molecule has 90 valence electrons. The Morgan fingerprint density at radius 3 is 2.65 bits per heavy atom.